The molecule has 2 rings (SSSR count). The summed E-state index contributed by atoms with van der Waals surface area (Å²) in [6.45, 7) is 17.6. The number of hydrogen-bond donors (Lipinski definition) is 2. The molecule has 1 unspecified atom stereocenters. The lowest BCUT2D eigenvalue weighted by Crippen LogP contribution is -2.01. The molecule has 2 nitrogen and oxygen atoms in total. The fourth-order valence-electron chi connectivity index (χ4n) is 2.28. The lowest BCUT2D eigenvalue weighted by atomic mass is 9.90. The predicted molar refractivity (Wildman–Crippen MR) is 123 cm³/mol. The molecule has 2 aromatic carbocycles. The highest BCUT2D eigenvalue weighted by Crippen LogP contribution is 2.24. The van der Waals surface area contributed by atoms with Gasteiger partial charge in [-0.3, -0.25) is 0 Å². The Bertz CT molecular complexity index is 607. The molecule has 0 aliphatic carbocycles. The smallest absolute Gasteiger partial charge is 0.115 e. The van der Waals surface area contributed by atoms with Gasteiger partial charge in [-0.05, 0) is 71.9 Å². The standard InChI is InChI=1S/2C11H16O.C4H10/c1-8(2)9(3)10-4-6-11(12)7-5-10;1-9(2)3-4-10-5-7-11(12)8-6-10;1-4(2)3/h4-9,12H,1-3H3;5-9,12H,3-4H2,1-2H3;4H,1-3H3. The molecule has 0 amide bonds. The highest BCUT2D eigenvalue weighted by molar-refractivity contribution is 5.28. The van der Waals surface area contributed by atoms with Crippen molar-refractivity contribution in [2.45, 2.75) is 74.1 Å². The summed E-state index contributed by atoms with van der Waals surface area (Å²) in [5.74, 6) is 3.48. The van der Waals surface area contributed by atoms with Gasteiger partial charge in [-0.25, -0.2) is 0 Å². The molecule has 2 N–H and O–H groups in total. The normalized spacial score (nSPS) is 11.5. The van der Waals surface area contributed by atoms with E-state index in [9.17, 15) is 0 Å². The van der Waals surface area contributed by atoms with E-state index in [0.29, 0.717) is 23.3 Å². The lowest BCUT2D eigenvalue weighted by Gasteiger charge is -2.15. The summed E-state index contributed by atoms with van der Waals surface area (Å²) in [6, 6.07) is 14.9. The maximum atomic E-state index is 9.08. The Morgan fingerprint density at radius 3 is 1.39 bits per heavy atom. The Kier molecular flexibility index (Phi) is 13.1. The third-order valence-corrected chi connectivity index (χ3v) is 4.37. The van der Waals surface area contributed by atoms with Gasteiger partial charge in [-0.1, -0.05) is 79.7 Å². The number of rotatable bonds is 5. The van der Waals surface area contributed by atoms with Gasteiger partial charge >= 0.3 is 0 Å². The van der Waals surface area contributed by atoms with Crippen LogP contribution in [0.1, 0.15) is 78.9 Å². The van der Waals surface area contributed by atoms with Crippen LogP contribution in [0, 0.1) is 17.8 Å². The maximum absolute atomic E-state index is 9.08. The number of aromatic hydroxyl groups is 2. The van der Waals surface area contributed by atoms with Crippen molar-refractivity contribution in [3.05, 3.63) is 59.7 Å². The summed E-state index contributed by atoms with van der Waals surface area (Å²) in [5.41, 5.74) is 2.60. The first kappa shape index (κ1) is 26.0. The Morgan fingerprint density at radius 1 is 0.643 bits per heavy atom. The number of hydrogen-bond acceptors (Lipinski definition) is 2. The first-order valence-electron chi connectivity index (χ1n) is 10.6. The number of aryl methyl sites for hydroxylation is 1. The van der Waals surface area contributed by atoms with Crippen LogP contribution >= 0.6 is 0 Å². The molecule has 2 heteroatoms. The van der Waals surface area contributed by atoms with Crippen molar-refractivity contribution in [1.82, 2.24) is 0 Å². The van der Waals surface area contributed by atoms with E-state index in [1.54, 1.807) is 24.3 Å². The zero-order valence-corrected chi connectivity index (χ0v) is 19.2. The average molecular weight is 387 g/mol. The van der Waals surface area contributed by atoms with E-state index in [-0.39, 0.29) is 0 Å². The predicted octanol–water partition coefficient (Wildman–Crippen LogP) is 7.79. The topological polar surface area (TPSA) is 40.5 Å². The molecule has 0 saturated heterocycles. The molecule has 0 aliphatic heterocycles. The van der Waals surface area contributed by atoms with E-state index in [2.05, 4.69) is 55.4 Å². The minimum Gasteiger partial charge on any atom is -0.508 e. The monoisotopic (exact) mass is 386 g/mol. The lowest BCUT2D eigenvalue weighted by molar-refractivity contribution is 0.473. The van der Waals surface area contributed by atoms with Crippen LogP contribution in [0.25, 0.3) is 0 Å². The van der Waals surface area contributed by atoms with Crippen molar-refractivity contribution in [2.24, 2.45) is 17.8 Å². The molecule has 1 atom stereocenters. The Balaban J connectivity index is 0.000000439. The second-order valence-electron chi connectivity index (χ2n) is 8.96. The summed E-state index contributed by atoms with van der Waals surface area (Å²) < 4.78 is 0. The van der Waals surface area contributed by atoms with E-state index >= 15 is 0 Å². The van der Waals surface area contributed by atoms with Crippen molar-refractivity contribution in [3.63, 3.8) is 0 Å². The Labute approximate surface area is 173 Å². The average Bonchev–Trinajstić information content (AvgIpc) is 2.61. The fraction of sp³-hybridized carbons (Fsp3) is 0.538. The van der Waals surface area contributed by atoms with E-state index < -0.39 is 0 Å². The summed E-state index contributed by atoms with van der Waals surface area (Å²) >= 11 is 0. The van der Waals surface area contributed by atoms with Crippen LogP contribution in [-0.4, -0.2) is 10.2 Å². The molecular weight excluding hydrogens is 344 g/mol. The Hall–Kier alpha value is -1.96. The fourth-order valence-corrected chi connectivity index (χ4v) is 2.28. The van der Waals surface area contributed by atoms with Gasteiger partial charge < -0.3 is 10.2 Å². The first-order valence-corrected chi connectivity index (χ1v) is 10.6. The van der Waals surface area contributed by atoms with E-state index in [0.717, 1.165) is 18.3 Å². The van der Waals surface area contributed by atoms with Gasteiger partial charge in [0.05, 0.1) is 0 Å². The van der Waals surface area contributed by atoms with Gasteiger partial charge in [0, 0.05) is 0 Å². The second-order valence-corrected chi connectivity index (χ2v) is 8.96. The van der Waals surface area contributed by atoms with Crippen LogP contribution in [0.2, 0.25) is 0 Å². The quantitative estimate of drug-likeness (QED) is 0.550. The summed E-state index contributed by atoms with van der Waals surface area (Å²) in [4.78, 5) is 0. The van der Waals surface area contributed by atoms with Crippen LogP contribution in [0.3, 0.4) is 0 Å². The third kappa shape index (κ3) is 13.2. The zero-order chi connectivity index (χ0) is 21.7. The van der Waals surface area contributed by atoms with Crippen LogP contribution in [0.4, 0.5) is 0 Å². The van der Waals surface area contributed by atoms with E-state index in [1.165, 1.54) is 17.5 Å². The first-order chi connectivity index (χ1) is 13.0. The number of phenolic OH excluding ortho intramolecular Hbond substituents is 2. The van der Waals surface area contributed by atoms with Gasteiger partial charge in [0.2, 0.25) is 0 Å². The van der Waals surface area contributed by atoms with Gasteiger partial charge in [-0.15, -0.1) is 0 Å². The Morgan fingerprint density at radius 2 is 1.04 bits per heavy atom. The minimum absolute atomic E-state index is 0.342. The SMILES string of the molecule is CC(C)C.CC(C)C(C)c1ccc(O)cc1.CC(C)CCc1ccc(O)cc1. The summed E-state index contributed by atoms with van der Waals surface area (Å²) in [7, 11) is 0. The molecule has 0 radical (unpaired) electrons. The summed E-state index contributed by atoms with van der Waals surface area (Å²) in [5, 5.41) is 18.1. The van der Waals surface area contributed by atoms with Gasteiger partial charge in [0.15, 0.2) is 0 Å². The molecule has 0 aromatic heterocycles. The largest absolute Gasteiger partial charge is 0.508 e. The minimum atomic E-state index is 0.342. The van der Waals surface area contributed by atoms with Crippen LogP contribution in [0.5, 0.6) is 11.5 Å². The highest BCUT2D eigenvalue weighted by Gasteiger charge is 2.08. The van der Waals surface area contributed by atoms with Crippen molar-refractivity contribution in [2.75, 3.05) is 0 Å². The number of phenols is 2. The van der Waals surface area contributed by atoms with Crippen molar-refractivity contribution >= 4 is 0 Å². The molecule has 0 bridgehead atoms. The molecule has 0 aliphatic rings. The van der Waals surface area contributed by atoms with Crippen molar-refractivity contribution in [1.29, 1.82) is 0 Å². The highest BCUT2D eigenvalue weighted by atomic mass is 16.3. The number of benzene rings is 2. The molecule has 158 valence electrons. The van der Waals surface area contributed by atoms with Crippen LogP contribution in [0.15, 0.2) is 48.5 Å². The zero-order valence-electron chi connectivity index (χ0n) is 19.2. The van der Waals surface area contributed by atoms with Gasteiger partial charge in [0.1, 0.15) is 11.5 Å². The van der Waals surface area contributed by atoms with Crippen LogP contribution in [-0.2, 0) is 6.42 Å². The maximum Gasteiger partial charge on any atom is 0.115 e. The molecule has 28 heavy (non-hydrogen) atoms. The van der Waals surface area contributed by atoms with Gasteiger partial charge in [-0.2, -0.15) is 0 Å². The second kappa shape index (κ2) is 14.1. The van der Waals surface area contributed by atoms with Crippen LogP contribution < -0.4 is 0 Å². The molecule has 0 heterocycles. The molecule has 0 saturated carbocycles. The third-order valence-electron chi connectivity index (χ3n) is 4.37. The molecule has 0 spiro atoms. The molecule has 2 aromatic rings. The van der Waals surface area contributed by atoms with Gasteiger partial charge in [0.25, 0.3) is 0 Å². The van der Waals surface area contributed by atoms with Crippen molar-refractivity contribution in [3.8, 4) is 11.5 Å². The van der Waals surface area contributed by atoms with E-state index in [1.807, 2.05) is 24.3 Å². The molecule has 0 fully saturated rings. The summed E-state index contributed by atoms with van der Waals surface area (Å²) in [6.07, 6.45) is 2.32. The van der Waals surface area contributed by atoms with Crippen molar-refractivity contribution < 1.29 is 10.2 Å². The van der Waals surface area contributed by atoms with E-state index in [4.69, 9.17) is 10.2 Å². The molecular formula is C26H42O2.